The highest BCUT2D eigenvalue weighted by Gasteiger charge is 2.22. The molecule has 0 aliphatic carbocycles. The van der Waals surface area contributed by atoms with Crippen LogP contribution in [0.25, 0.3) is 0 Å². The lowest BCUT2D eigenvalue weighted by atomic mass is 10.0. The number of carbonyl (C=O) groups excluding carboxylic acids is 1. The second-order valence-electron chi connectivity index (χ2n) is 6.03. The number of rotatable bonds is 6. The molecule has 1 amide bonds. The Labute approximate surface area is 141 Å². The monoisotopic (exact) mass is 339 g/mol. The molecule has 126 valence electrons. The van der Waals surface area contributed by atoms with Crippen LogP contribution in [0.5, 0.6) is 0 Å². The number of halogens is 2. The minimum absolute atomic E-state index is 0. The fourth-order valence-electron chi connectivity index (χ4n) is 3.12. The number of hydrogen-bond donors (Lipinski definition) is 2. The molecule has 0 saturated carbocycles. The van der Waals surface area contributed by atoms with Crippen LogP contribution in [0.15, 0.2) is 0 Å². The molecule has 2 aliphatic rings. The number of nitrogens with zero attached hydrogens (tertiary/aromatic N) is 1. The average Bonchev–Trinajstić information content (AvgIpc) is 2.90. The Morgan fingerprint density at radius 1 is 1.24 bits per heavy atom. The van der Waals surface area contributed by atoms with Crippen molar-refractivity contribution in [2.24, 2.45) is 0 Å². The van der Waals surface area contributed by atoms with Crippen molar-refractivity contribution in [3.63, 3.8) is 0 Å². The van der Waals surface area contributed by atoms with Crippen LogP contribution in [0, 0.1) is 0 Å². The lowest BCUT2D eigenvalue weighted by Crippen LogP contribution is -2.45. The Morgan fingerprint density at radius 3 is 2.52 bits per heavy atom. The first-order valence-corrected chi connectivity index (χ1v) is 8.03. The molecule has 4 nitrogen and oxygen atoms in total. The van der Waals surface area contributed by atoms with Gasteiger partial charge in [0.1, 0.15) is 0 Å². The molecule has 2 aliphatic heterocycles. The van der Waals surface area contributed by atoms with Gasteiger partial charge in [-0.2, -0.15) is 0 Å². The first kappa shape index (κ1) is 21.0. The minimum Gasteiger partial charge on any atom is -0.353 e. The van der Waals surface area contributed by atoms with Crippen LogP contribution in [0.2, 0.25) is 0 Å². The third-order valence-electron chi connectivity index (χ3n) is 4.37. The molecule has 0 spiro atoms. The predicted octanol–water partition coefficient (Wildman–Crippen LogP) is 2.35. The molecule has 0 bridgehead atoms. The summed E-state index contributed by atoms with van der Waals surface area (Å²) in [5, 5.41) is 6.60. The lowest BCUT2D eigenvalue weighted by molar-refractivity contribution is -0.122. The zero-order valence-corrected chi connectivity index (χ0v) is 14.7. The van der Waals surface area contributed by atoms with Gasteiger partial charge in [-0.15, -0.1) is 24.8 Å². The predicted molar refractivity (Wildman–Crippen MR) is 92.7 cm³/mol. The third-order valence-corrected chi connectivity index (χ3v) is 4.37. The number of hydrogen-bond acceptors (Lipinski definition) is 3. The Morgan fingerprint density at radius 2 is 1.95 bits per heavy atom. The summed E-state index contributed by atoms with van der Waals surface area (Å²) in [6.45, 7) is 6.83. The summed E-state index contributed by atoms with van der Waals surface area (Å²) in [5.41, 5.74) is 0. The van der Waals surface area contributed by atoms with E-state index in [9.17, 15) is 4.79 Å². The summed E-state index contributed by atoms with van der Waals surface area (Å²) in [5.74, 6) is 0.242. The maximum absolute atomic E-state index is 12.0. The van der Waals surface area contributed by atoms with E-state index in [0.29, 0.717) is 18.5 Å². The van der Waals surface area contributed by atoms with Crippen molar-refractivity contribution in [2.75, 3.05) is 26.2 Å². The van der Waals surface area contributed by atoms with Gasteiger partial charge in [-0.25, -0.2) is 0 Å². The quantitative estimate of drug-likeness (QED) is 0.780. The Hall–Kier alpha value is -0.0300. The summed E-state index contributed by atoms with van der Waals surface area (Å²) in [6, 6.07) is 0.830. The molecule has 2 heterocycles. The molecule has 2 fully saturated rings. The Balaban J connectivity index is 0.00000200. The highest BCUT2D eigenvalue weighted by atomic mass is 35.5. The van der Waals surface area contributed by atoms with Crippen LogP contribution < -0.4 is 10.6 Å². The fraction of sp³-hybridized carbons (Fsp3) is 0.933. The molecule has 21 heavy (non-hydrogen) atoms. The summed E-state index contributed by atoms with van der Waals surface area (Å²) in [6.07, 6.45) is 7.84. The standard InChI is InChI=1S/C15H29N3O.2ClH/c1-2-3-9-18-10-6-13(7-11-18)17-15(19)12-14-5-4-8-16-14;;/h13-14,16H,2-12H2,1H3,(H,17,19);2*1H. The van der Waals surface area contributed by atoms with E-state index in [1.165, 1.54) is 25.8 Å². The van der Waals surface area contributed by atoms with Gasteiger partial charge in [0, 0.05) is 31.6 Å². The number of nitrogens with one attached hydrogen (secondary N) is 2. The second-order valence-corrected chi connectivity index (χ2v) is 6.03. The van der Waals surface area contributed by atoms with Crippen LogP contribution in [0.3, 0.4) is 0 Å². The fourth-order valence-corrected chi connectivity index (χ4v) is 3.12. The van der Waals surface area contributed by atoms with Crippen LogP contribution in [-0.2, 0) is 4.79 Å². The normalized spacial score (nSPS) is 23.2. The van der Waals surface area contributed by atoms with Crippen molar-refractivity contribution in [1.29, 1.82) is 0 Å². The maximum atomic E-state index is 12.0. The maximum Gasteiger partial charge on any atom is 0.221 e. The molecule has 2 rings (SSSR count). The van der Waals surface area contributed by atoms with Gasteiger partial charge < -0.3 is 15.5 Å². The number of piperidine rings is 1. The van der Waals surface area contributed by atoms with Gasteiger partial charge in [0.2, 0.25) is 5.91 Å². The molecule has 1 unspecified atom stereocenters. The van der Waals surface area contributed by atoms with Crippen LogP contribution in [0.4, 0.5) is 0 Å². The van der Waals surface area contributed by atoms with Gasteiger partial charge >= 0.3 is 0 Å². The Kier molecular flexibility index (Phi) is 11.5. The van der Waals surface area contributed by atoms with E-state index in [1.54, 1.807) is 0 Å². The number of amides is 1. The van der Waals surface area contributed by atoms with Crippen molar-refractivity contribution in [3.05, 3.63) is 0 Å². The zero-order valence-electron chi connectivity index (χ0n) is 13.1. The first-order valence-electron chi connectivity index (χ1n) is 8.03. The number of carbonyl (C=O) groups is 1. The van der Waals surface area contributed by atoms with Crippen molar-refractivity contribution in [3.8, 4) is 0 Å². The molecule has 1 atom stereocenters. The summed E-state index contributed by atoms with van der Waals surface area (Å²) >= 11 is 0. The number of unbranched alkanes of at least 4 members (excludes halogenated alkanes) is 1. The topological polar surface area (TPSA) is 44.4 Å². The highest BCUT2D eigenvalue weighted by Crippen LogP contribution is 2.13. The van der Waals surface area contributed by atoms with Gasteiger partial charge in [0.15, 0.2) is 0 Å². The van der Waals surface area contributed by atoms with Crippen LogP contribution >= 0.6 is 24.8 Å². The molecule has 2 N–H and O–H groups in total. The van der Waals surface area contributed by atoms with Crippen LogP contribution in [-0.4, -0.2) is 49.1 Å². The molecule has 0 radical (unpaired) electrons. The zero-order chi connectivity index (χ0) is 13.5. The smallest absolute Gasteiger partial charge is 0.221 e. The van der Waals surface area contributed by atoms with Crippen LogP contribution in [0.1, 0.15) is 51.9 Å². The molecular formula is C15H31Cl2N3O. The van der Waals surface area contributed by atoms with Crippen molar-refractivity contribution >= 4 is 30.7 Å². The van der Waals surface area contributed by atoms with E-state index >= 15 is 0 Å². The van der Waals surface area contributed by atoms with Gasteiger partial charge in [0.05, 0.1) is 0 Å². The average molecular weight is 340 g/mol. The summed E-state index contributed by atoms with van der Waals surface area (Å²) in [7, 11) is 0. The van der Waals surface area contributed by atoms with E-state index in [2.05, 4.69) is 22.5 Å². The summed E-state index contributed by atoms with van der Waals surface area (Å²) < 4.78 is 0. The van der Waals surface area contributed by atoms with Crippen molar-refractivity contribution in [1.82, 2.24) is 15.5 Å². The van der Waals surface area contributed by atoms with E-state index in [1.807, 2.05) is 0 Å². The Bertz CT molecular complexity index is 278. The largest absolute Gasteiger partial charge is 0.353 e. The highest BCUT2D eigenvalue weighted by molar-refractivity contribution is 5.85. The SMILES string of the molecule is CCCCN1CCC(NC(=O)CC2CCCN2)CC1.Cl.Cl. The van der Waals surface area contributed by atoms with Crippen molar-refractivity contribution in [2.45, 2.75) is 64.0 Å². The molecule has 0 aromatic rings. The van der Waals surface area contributed by atoms with Gasteiger partial charge in [-0.3, -0.25) is 4.79 Å². The van der Waals surface area contributed by atoms with E-state index in [-0.39, 0.29) is 30.7 Å². The number of likely N-dealkylation sites (tertiary alicyclic amines) is 1. The van der Waals surface area contributed by atoms with E-state index < -0.39 is 0 Å². The van der Waals surface area contributed by atoms with Gasteiger partial charge in [0.25, 0.3) is 0 Å². The third kappa shape index (κ3) is 7.68. The van der Waals surface area contributed by atoms with Gasteiger partial charge in [-0.05, 0) is 45.2 Å². The van der Waals surface area contributed by atoms with E-state index in [4.69, 9.17) is 0 Å². The first-order chi connectivity index (χ1) is 9.28. The molecule has 0 aromatic heterocycles. The minimum atomic E-state index is 0. The molecule has 2 saturated heterocycles. The summed E-state index contributed by atoms with van der Waals surface area (Å²) in [4.78, 5) is 14.5. The molecule has 6 heteroatoms. The van der Waals surface area contributed by atoms with Gasteiger partial charge in [-0.1, -0.05) is 13.3 Å². The van der Waals surface area contributed by atoms with Crippen molar-refractivity contribution < 1.29 is 4.79 Å². The molecular weight excluding hydrogens is 309 g/mol. The van der Waals surface area contributed by atoms with E-state index in [0.717, 1.165) is 38.9 Å². The molecule has 0 aromatic carbocycles. The second kappa shape index (κ2) is 11.5. The lowest BCUT2D eigenvalue weighted by Gasteiger charge is -2.32.